The normalized spacial score (nSPS) is 12.4. The third kappa shape index (κ3) is 2.51. The van der Waals surface area contributed by atoms with Crippen LogP contribution in [-0.2, 0) is 0 Å². The van der Waals surface area contributed by atoms with Gasteiger partial charge in [0.2, 0.25) is 0 Å². The fourth-order valence-corrected chi connectivity index (χ4v) is 2.45. The molecule has 0 saturated heterocycles. The van der Waals surface area contributed by atoms with Crippen molar-refractivity contribution in [1.82, 2.24) is 9.97 Å². The number of nitrogens with zero attached hydrogens (tertiary/aromatic N) is 2. The van der Waals surface area contributed by atoms with Crippen LogP contribution in [0.2, 0.25) is 4.34 Å². The van der Waals surface area contributed by atoms with E-state index < -0.39 is 0 Å². The fourth-order valence-electron chi connectivity index (χ4n) is 1.39. The van der Waals surface area contributed by atoms with Crippen LogP contribution in [0.4, 0.5) is 5.82 Å². The van der Waals surface area contributed by atoms with Gasteiger partial charge in [-0.1, -0.05) is 11.6 Å². The number of aryl methyl sites for hydroxylation is 1. The lowest BCUT2D eigenvalue weighted by molar-refractivity contribution is 0.886. The zero-order chi connectivity index (χ0) is 11.5. The molecule has 0 aliphatic heterocycles. The molecule has 0 fully saturated rings. The van der Waals surface area contributed by atoms with Crippen molar-refractivity contribution in [2.75, 3.05) is 5.32 Å². The molecule has 2 heterocycles. The molecule has 84 valence electrons. The molecule has 2 aromatic heterocycles. The first-order valence-corrected chi connectivity index (χ1v) is 6.15. The maximum Gasteiger partial charge on any atom is 0.147 e. The Morgan fingerprint density at radius 3 is 2.69 bits per heavy atom. The highest BCUT2D eigenvalue weighted by Crippen LogP contribution is 2.28. The minimum Gasteiger partial charge on any atom is -0.361 e. The molecule has 0 aromatic carbocycles. The first-order chi connectivity index (χ1) is 7.66. The van der Waals surface area contributed by atoms with Gasteiger partial charge >= 0.3 is 0 Å². The topological polar surface area (TPSA) is 37.8 Å². The first kappa shape index (κ1) is 11.4. The largest absolute Gasteiger partial charge is 0.361 e. The van der Waals surface area contributed by atoms with Gasteiger partial charge in [0.25, 0.3) is 0 Å². The van der Waals surface area contributed by atoms with Crippen molar-refractivity contribution in [3.63, 3.8) is 0 Å². The van der Waals surface area contributed by atoms with Gasteiger partial charge in [0.05, 0.1) is 16.1 Å². The molecule has 3 nitrogen and oxygen atoms in total. The second-order valence-corrected chi connectivity index (χ2v) is 5.24. The Morgan fingerprint density at radius 1 is 1.31 bits per heavy atom. The van der Waals surface area contributed by atoms with Crippen molar-refractivity contribution in [2.24, 2.45) is 0 Å². The van der Waals surface area contributed by atoms with E-state index in [-0.39, 0.29) is 6.04 Å². The van der Waals surface area contributed by atoms with Crippen molar-refractivity contribution >= 4 is 28.8 Å². The van der Waals surface area contributed by atoms with Crippen LogP contribution in [0, 0.1) is 6.92 Å². The fraction of sp³-hybridized carbons (Fsp3) is 0.273. The van der Waals surface area contributed by atoms with E-state index in [1.165, 1.54) is 4.88 Å². The van der Waals surface area contributed by atoms with E-state index in [0.29, 0.717) is 0 Å². The van der Waals surface area contributed by atoms with Gasteiger partial charge in [-0.2, -0.15) is 0 Å². The van der Waals surface area contributed by atoms with Crippen molar-refractivity contribution in [2.45, 2.75) is 19.9 Å². The number of halogens is 1. The van der Waals surface area contributed by atoms with E-state index in [2.05, 4.69) is 22.2 Å². The molecule has 2 aromatic rings. The third-order valence-corrected chi connectivity index (χ3v) is 3.67. The van der Waals surface area contributed by atoms with Crippen LogP contribution in [0.3, 0.4) is 0 Å². The Labute approximate surface area is 104 Å². The first-order valence-electron chi connectivity index (χ1n) is 4.96. The van der Waals surface area contributed by atoms with Crippen molar-refractivity contribution in [1.29, 1.82) is 0 Å². The number of aromatic nitrogens is 2. The van der Waals surface area contributed by atoms with E-state index in [0.717, 1.165) is 15.8 Å². The van der Waals surface area contributed by atoms with E-state index in [4.69, 9.17) is 11.6 Å². The number of anilines is 1. The SMILES string of the molecule is Cc1nccnc1NC(C)c1ccc(Cl)s1. The van der Waals surface area contributed by atoms with Gasteiger partial charge in [-0.05, 0) is 26.0 Å². The summed E-state index contributed by atoms with van der Waals surface area (Å²) in [5.74, 6) is 0.819. The second kappa shape index (κ2) is 4.80. The highest BCUT2D eigenvalue weighted by Gasteiger charge is 2.10. The predicted octanol–water partition coefficient (Wildman–Crippen LogP) is 3.67. The third-order valence-electron chi connectivity index (χ3n) is 2.26. The van der Waals surface area contributed by atoms with Crippen LogP contribution in [0.1, 0.15) is 23.5 Å². The monoisotopic (exact) mass is 253 g/mol. The van der Waals surface area contributed by atoms with Crippen LogP contribution in [0.5, 0.6) is 0 Å². The van der Waals surface area contributed by atoms with Crippen molar-refractivity contribution in [3.8, 4) is 0 Å². The molecule has 5 heteroatoms. The van der Waals surface area contributed by atoms with E-state index in [1.807, 2.05) is 19.1 Å². The maximum atomic E-state index is 5.90. The summed E-state index contributed by atoms with van der Waals surface area (Å²) in [6, 6.07) is 4.12. The molecule has 16 heavy (non-hydrogen) atoms. The number of rotatable bonds is 3. The zero-order valence-electron chi connectivity index (χ0n) is 9.07. The molecule has 1 atom stereocenters. The van der Waals surface area contributed by atoms with Crippen LogP contribution in [0.25, 0.3) is 0 Å². The van der Waals surface area contributed by atoms with E-state index in [9.17, 15) is 0 Å². The smallest absolute Gasteiger partial charge is 0.147 e. The lowest BCUT2D eigenvalue weighted by atomic mass is 10.2. The summed E-state index contributed by atoms with van der Waals surface area (Å²) in [6.07, 6.45) is 3.37. The Hall–Kier alpha value is -1.13. The average molecular weight is 254 g/mol. The molecule has 0 saturated carbocycles. The Bertz CT molecular complexity index is 484. The number of hydrogen-bond acceptors (Lipinski definition) is 4. The van der Waals surface area contributed by atoms with Gasteiger partial charge in [0.1, 0.15) is 5.82 Å². The summed E-state index contributed by atoms with van der Waals surface area (Å²) in [4.78, 5) is 9.62. The summed E-state index contributed by atoms with van der Waals surface area (Å²) in [7, 11) is 0. The highest BCUT2D eigenvalue weighted by atomic mass is 35.5. The summed E-state index contributed by atoms with van der Waals surface area (Å²) in [6.45, 7) is 4.01. The summed E-state index contributed by atoms with van der Waals surface area (Å²) in [5, 5.41) is 3.32. The summed E-state index contributed by atoms with van der Waals surface area (Å²) >= 11 is 7.48. The molecular formula is C11H12ClN3S. The molecule has 2 rings (SSSR count). The van der Waals surface area contributed by atoms with Crippen molar-refractivity contribution in [3.05, 3.63) is 39.4 Å². The maximum absolute atomic E-state index is 5.90. The van der Waals surface area contributed by atoms with Gasteiger partial charge in [-0.25, -0.2) is 4.98 Å². The Balaban J connectivity index is 2.13. The quantitative estimate of drug-likeness (QED) is 0.907. The van der Waals surface area contributed by atoms with E-state index >= 15 is 0 Å². The molecule has 0 aliphatic carbocycles. The Kier molecular flexibility index (Phi) is 3.41. The highest BCUT2D eigenvalue weighted by molar-refractivity contribution is 7.16. The minimum atomic E-state index is 0.188. The molecule has 0 spiro atoms. The number of hydrogen-bond donors (Lipinski definition) is 1. The average Bonchev–Trinajstić information content (AvgIpc) is 2.68. The predicted molar refractivity (Wildman–Crippen MR) is 68.1 cm³/mol. The summed E-state index contributed by atoms with van der Waals surface area (Å²) < 4.78 is 0.805. The Morgan fingerprint density at radius 2 is 2.06 bits per heavy atom. The minimum absolute atomic E-state index is 0.188. The van der Waals surface area contributed by atoms with Crippen LogP contribution in [-0.4, -0.2) is 9.97 Å². The zero-order valence-corrected chi connectivity index (χ0v) is 10.6. The molecule has 0 radical (unpaired) electrons. The standard InChI is InChI=1S/C11H12ClN3S/c1-7(9-3-4-10(12)16-9)15-11-8(2)13-5-6-14-11/h3-7H,1-2H3,(H,14,15). The van der Waals surface area contributed by atoms with Crippen LogP contribution >= 0.6 is 22.9 Å². The molecular weight excluding hydrogens is 242 g/mol. The van der Waals surface area contributed by atoms with Gasteiger partial charge in [0.15, 0.2) is 0 Å². The van der Waals surface area contributed by atoms with Crippen molar-refractivity contribution < 1.29 is 0 Å². The molecule has 0 amide bonds. The number of thiophene rings is 1. The van der Waals surface area contributed by atoms with Gasteiger partial charge < -0.3 is 5.32 Å². The van der Waals surface area contributed by atoms with Crippen LogP contribution in [0.15, 0.2) is 24.5 Å². The van der Waals surface area contributed by atoms with Gasteiger partial charge in [-0.15, -0.1) is 11.3 Å². The van der Waals surface area contributed by atoms with Gasteiger partial charge in [0, 0.05) is 17.3 Å². The second-order valence-electron chi connectivity index (χ2n) is 3.50. The van der Waals surface area contributed by atoms with Crippen LogP contribution < -0.4 is 5.32 Å². The molecule has 1 N–H and O–H groups in total. The number of nitrogens with one attached hydrogen (secondary N) is 1. The van der Waals surface area contributed by atoms with E-state index in [1.54, 1.807) is 23.7 Å². The lowest BCUT2D eigenvalue weighted by Gasteiger charge is -2.13. The molecule has 0 aliphatic rings. The molecule has 1 unspecified atom stereocenters. The van der Waals surface area contributed by atoms with Gasteiger partial charge in [-0.3, -0.25) is 4.98 Å². The molecule has 0 bridgehead atoms. The lowest BCUT2D eigenvalue weighted by Crippen LogP contribution is -2.08. The summed E-state index contributed by atoms with van der Waals surface area (Å²) in [5.41, 5.74) is 0.900.